The number of carbonyl (C=O) groups is 3. The van der Waals surface area contributed by atoms with Crippen LogP contribution in [-0.4, -0.2) is 25.0 Å². The van der Waals surface area contributed by atoms with Gasteiger partial charge in [0.2, 0.25) is 0 Å². The number of fused-ring (bicyclic) bond motifs is 1. The minimum atomic E-state index is -1.39. The first-order valence-corrected chi connectivity index (χ1v) is 11.9. The number of hydrogen-bond donors (Lipinski definition) is 1. The molecule has 0 aromatic heterocycles. The third kappa shape index (κ3) is 5.72. The average Bonchev–Trinajstić information content (AvgIpc) is 2.92. The maximum atomic E-state index is 13.0. The van der Waals surface area contributed by atoms with Crippen molar-refractivity contribution < 1.29 is 29.0 Å². The van der Waals surface area contributed by atoms with Crippen molar-refractivity contribution in [2.24, 2.45) is 0 Å². The Kier molecular flexibility index (Phi) is 7.85. The van der Waals surface area contributed by atoms with Gasteiger partial charge in [0.1, 0.15) is 11.6 Å². The number of benzene rings is 4. The number of anilines is 1. The molecule has 0 radical (unpaired) electrons. The van der Waals surface area contributed by atoms with Crippen LogP contribution in [0.2, 0.25) is 0 Å². The van der Waals surface area contributed by atoms with E-state index in [1.54, 1.807) is 18.2 Å². The van der Waals surface area contributed by atoms with Gasteiger partial charge in [0.25, 0.3) is 5.91 Å². The highest BCUT2D eigenvalue weighted by atomic mass is 79.9. The number of halogens is 1. The number of amides is 1. The van der Waals surface area contributed by atoms with E-state index in [4.69, 9.17) is 9.47 Å². The van der Waals surface area contributed by atoms with E-state index < -0.39 is 17.8 Å². The Bertz CT molecular complexity index is 1650. The van der Waals surface area contributed by atoms with Crippen molar-refractivity contribution in [1.29, 1.82) is 5.26 Å². The van der Waals surface area contributed by atoms with Crippen molar-refractivity contribution in [2.45, 2.75) is 0 Å². The number of ether oxygens (including phenoxy) is 2. The molecular weight excluding hydrogens is 552 g/mol. The first-order valence-electron chi connectivity index (χ1n) is 11.1. The summed E-state index contributed by atoms with van der Waals surface area (Å²) in [5.41, 5.74) is 0.610. The van der Waals surface area contributed by atoms with Gasteiger partial charge in [-0.2, -0.15) is 5.26 Å². The topological polar surface area (TPSA) is 129 Å². The number of hydrogen-bond acceptors (Lipinski definition) is 7. The SMILES string of the molecule is COc1cc(/C=C(\C#N)C(=O)Nc2cccc(C(=O)[O-])c2)cc(Br)c1OC(=O)c1cccc2ccccc12. The summed E-state index contributed by atoms with van der Waals surface area (Å²) in [6, 6.07) is 23.1. The molecule has 38 heavy (non-hydrogen) atoms. The van der Waals surface area contributed by atoms with Crippen molar-refractivity contribution >= 4 is 56.3 Å². The minimum Gasteiger partial charge on any atom is -0.545 e. The zero-order valence-corrected chi connectivity index (χ0v) is 21.4. The lowest BCUT2D eigenvalue weighted by molar-refractivity contribution is -0.255. The maximum Gasteiger partial charge on any atom is 0.344 e. The van der Waals surface area contributed by atoms with Crippen molar-refractivity contribution in [3.63, 3.8) is 0 Å². The molecule has 1 N–H and O–H groups in total. The summed E-state index contributed by atoms with van der Waals surface area (Å²) < 4.78 is 11.4. The second-order valence-corrected chi connectivity index (χ2v) is 8.80. The second-order valence-electron chi connectivity index (χ2n) is 7.94. The third-order valence-electron chi connectivity index (χ3n) is 5.49. The summed E-state index contributed by atoms with van der Waals surface area (Å²) in [4.78, 5) is 36.8. The number of aromatic carboxylic acids is 1. The van der Waals surface area contributed by atoms with Crippen LogP contribution in [0.3, 0.4) is 0 Å². The normalized spacial score (nSPS) is 10.9. The molecule has 0 fully saturated rings. The molecule has 4 rings (SSSR count). The Morgan fingerprint density at radius 3 is 2.47 bits per heavy atom. The smallest absolute Gasteiger partial charge is 0.344 e. The lowest BCUT2D eigenvalue weighted by Gasteiger charge is -2.13. The highest BCUT2D eigenvalue weighted by molar-refractivity contribution is 9.10. The number of esters is 1. The fraction of sp³-hybridized carbons (Fsp3) is 0.0345. The van der Waals surface area contributed by atoms with Gasteiger partial charge in [0.05, 0.1) is 23.1 Å². The van der Waals surface area contributed by atoms with E-state index in [0.717, 1.165) is 10.8 Å². The number of rotatable bonds is 7. The van der Waals surface area contributed by atoms with Crippen LogP contribution in [0.1, 0.15) is 26.3 Å². The second kappa shape index (κ2) is 11.4. The fourth-order valence-electron chi connectivity index (χ4n) is 3.71. The van der Waals surface area contributed by atoms with E-state index >= 15 is 0 Å². The number of nitrogens with one attached hydrogen (secondary N) is 1. The first-order chi connectivity index (χ1) is 18.3. The van der Waals surface area contributed by atoms with E-state index in [1.165, 1.54) is 43.5 Å². The summed E-state index contributed by atoms with van der Waals surface area (Å²) in [5.74, 6) is -2.40. The monoisotopic (exact) mass is 569 g/mol. The van der Waals surface area contributed by atoms with Gasteiger partial charge in [0.15, 0.2) is 11.5 Å². The van der Waals surface area contributed by atoms with E-state index in [2.05, 4.69) is 21.2 Å². The van der Waals surface area contributed by atoms with E-state index in [9.17, 15) is 24.8 Å². The quantitative estimate of drug-likeness (QED) is 0.147. The largest absolute Gasteiger partial charge is 0.545 e. The van der Waals surface area contributed by atoms with Crippen LogP contribution >= 0.6 is 15.9 Å². The Morgan fingerprint density at radius 1 is 1.00 bits per heavy atom. The Morgan fingerprint density at radius 2 is 1.74 bits per heavy atom. The standard InChI is InChI=1S/C29H19BrN2O6/c1-37-25-14-17(12-20(16-31)27(33)32-21-9-4-8-19(15-21)28(34)35)13-24(30)26(25)38-29(36)23-11-5-7-18-6-2-3-10-22(18)23/h2-15H,1H3,(H,32,33)(H,34,35)/p-1/b20-12+. The van der Waals surface area contributed by atoms with Crippen LogP contribution in [0.15, 0.2) is 88.9 Å². The van der Waals surface area contributed by atoms with Gasteiger partial charge in [-0.25, -0.2) is 4.79 Å². The lowest BCUT2D eigenvalue weighted by Crippen LogP contribution is -2.22. The maximum absolute atomic E-state index is 13.0. The van der Waals surface area contributed by atoms with Crippen molar-refractivity contribution in [2.75, 3.05) is 12.4 Å². The number of carboxylic acid groups (broad SMARTS) is 1. The highest BCUT2D eigenvalue weighted by Gasteiger charge is 2.19. The molecular formula is C29H18BrN2O6-. The summed E-state index contributed by atoms with van der Waals surface area (Å²) in [5, 5.41) is 24.7. The highest BCUT2D eigenvalue weighted by Crippen LogP contribution is 2.38. The minimum absolute atomic E-state index is 0.118. The zero-order valence-electron chi connectivity index (χ0n) is 19.9. The molecule has 8 nitrogen and oxygen atoms in total. The predicted molar refractivity (Wildman–Crippen MR) is 143 cm³/mol. The zero-order chi connectivity index (χ0) is 27.2. The molecule has 9 heteroatoms. The molecule has 0 saturated carbocycles. The summed E-state index contributed by atoms with van der Waals surface area (Å²) in [6.07, 6.45) is 1.32. The molecule has 4 aromatic carbocycles. The van der Waals surface area contributed by atoms with Crippen LogP contribution < -0.4 is 19.9 Å². The molecule has 0 unspecified atom stereocenters. The van der Waals surface area contributed by atoms with Gasteiger partial charge in [-0.05, 0) is 74.2 Å². The number of nitrogens with zero attached hydrogens (tertiary/aromatic N) is 1. The van der Waals surface area contributed by atoms with Crippen LogP contribution in [0.4, 0.5) is 5.69 Å². The molecule has 1 amide bonds. The molecule has 188 valence electrons. The van der Waals surface area contributed by atoms with Gasteiger partial charge < -0.3 is 24.7 Å². The summed E-state index contributed by atoms with van der Waals surface area (Å²) in [7, 11) is 1.40. The average molecular weight is 570 g/mol. The molecule has 0 aliphatic carbocycles. The molecule has 0 atom stereocenters. The first kappa shape index (κ1) is 26.1. The van der Waals surface area contributed by atoms with Crippen LogP contribution in [-0.2, 0) is 4.79 Å². The molecule has 0 aliphatic rings. The van der Waals surface area contributed by atoms with E-state index in [0.29, 0.717) is 15.6 Å². The Hall–Kier alpha value is -4.94. The van der Waals surface area contributed by atoms with Crippen LogP contribution in [0.25, 0.3) is 16.8 Å². The van der Waals surface area contributed by atoms with E-state index in [-0.39, 0.29) is 28.3 Å². The van der Waals surface area contributed by atoms with E-state index in [1.807, 2.05) is 36.4 Å². The fourth-order valence-corrected chi connectivity index (χ4v) is 4.25. The van der Waals surface area contributed by atoms with Crippen molar-refractivity contribution in [3.05, 3.63) is 106 Å². The van der Waals surface area contributed by atoms with Crippen molar-refractivity contribution in [3.8, 4) is 17.6 Å². The van der Waals surface area contributed by atoms with Crippen LogP contribution in [0.5, 0.6) is 11.5 Å². The van der Waals surface area contributed by atoms with Gasteiger partial charge in [-0.3, -0.25) is 4.79 Å². The lowest BCUT2D eigenvalue weighted by atomic mass is 10.0. The molecule has 0 heterocycles. The van der Waals surface area contributed by atoms with Crippen molar-refractivity contribution in [1.82, 2.24) is 0 Å². The van der Waals surface area contributed by atoms with Crippen LogP contribution in [0, 0.1) is 11.3 Å². The third-order valence-corrected chi connectivity index (χ3v) is 6.08. The molecule has 0 saturated heterocycles. The van der Waals surface area contributed by atoms with Gasteiger partial charge in [0, 0.05) is 5.69 Å². The predicted octanol–water partition coefficient (Wildman–Crippen LogP) is 4.74. The summed E-state index contributed by atoms with van der Waals surface area (Å²) in [6.45, 7) is 0. The van der Waals surface area contributed by atoms with Gasteiger partial charge in [-0.15, -0.1) is 0 Å². The number of methoxy groups -OCH3 is 1. The Labute approximate surface area is 225 Å². The Balaban J connectivity index is 1.60. The number of nitriles is 1. The molecule has 0 aliphatic heterocycles. The molecule has 4 aromatic rings. The molecule has 0 bridgehead atoms. The van der Waals surface area contributed by atoms with Gasteiger partial charge in [-0.1, -0.05) is 48.5 Å². The number of carbonyl (C=O) groups excluding carboxylic acids is 3. The molecule has 0 spiro atoms. The summed E-state index contributed by atoms with van der Waals surface area (Å²) >= 11 is 3.38. The van der Waals surface area contributed by atoms with Gasteiger partial charge >= 0.3 is 5.97 Å². The number of carboxylic acids is 1.